The Morgan fingerprint density at radius 3 is 2.73 bits per heavy atom. The van der Waals surface area contributed by atoms with E-state index in [1.54, 1.807) is 18.3 Å². The molecule has 120 valence electrons. The molecule has 0 aliphatic heterocycles. The summed E-state index contributed by atoms with van der Waals surface area (Å²) in [6.45, 7) is 3.21. The second-order valence-electron chi connectivity index (χ2n) is 4.90. The molecule has 0 radical (unpaired) electrons. The van der Waals surface area contributed by atoms with E-state index < -0.39 is 10.0 Å². The van der Waals surface area contributed by atoms with Crippen LogP contribution in [0.25, 0.3) is 0 Å². The third-order valence-electron chi connectivity index (χ3n) is 3.19. The number of hydrogen-bond donors (Lipinski definition) is 1. The molecule has 2 aromatic rings. The second kappa shape index (κ2) is 7.95. The van der Waals surface area contributed by atoms with Crippen LogP contribution in [0.2, 0.25) is 0 Å². The monoisotopic (exact) mass is 323 g/mol. The number of benzene rings is 1. The molecule has 22 heavy (non-hydrogen) atoms. The predicted octanol–water partition coefficient (Wildman–Crippen LogP) is 1.58. The van der Waals surface area contributed by atoms with E-state index >= 15 is 0 Å². The van der Waals surface area contributed by atoms with Gasteiger partial charge in [-0.25, -0.2) is 18.1 Å². The molecule has 1 heterocycles. The minimum atomic E-state index is -3.30. The van der Waals surface area contributed by atoms with Crippen molar-refractivity contribution < 1.29 is 13.2 Å². The highest BCUT2D eigenvalue weighted by atomic mass is 32.2. The molecule has 0 amide bonds. The van der Waals surface area contributed by atoms with Crippen molar-refractivity contribution in [3.05, 3.63) is 48.5 Å². The average molecular weight is 323 g/mol. The van der Waals surface area contributed by atoms with Gasteiger partial charge in [-0.3, -0.25) is 0 Å². The molecule has 0 spiro atoms. The lowest BCUT2D eigenvalue weighted by molar-refractivity contribution is 0.340. The maximum Gasteiger partial charge on any atom is 0.214 e. The van der Waals surface area contributed by atoms with Gasteiger partial charge in [-0.15, -0.1) is 0 Å². The average Bonchev–Trinajstić information content (AvgIpc) is 2.90. The van der Waals surface area contributed by atoms with Gasteiger partial charge in [-0.2, -0.15) is 0 Å². The van der Waals surface area contributed by atoms with Crippen molar-refractivity contribution in [2.24, 2.45) is 0 Å². The van der Waals surface area contributed by atoms with Crippen LogP contribution in [0.4, 0.5) is 0 Å². The number of hydrogen-bond acceptors (Lipinski definition) is 4. The molecular formula is C15H21N3O3S. The summed E-state index contributed by atoms with van der Waals surface area (Å²) in [5.74, 6) is 1.55. The quantitative estimate of drug-likeness (QED) is 0.711. The minimum Gasteiger partial charge on any atom is -0.492 e. The van der Waals surface area contributed by atoms with Crippen molar-refractivity contribution in [2.45, 2.75) is 19.9 Å². The Hall–Kier alpha value is -1.86. The number of aryl methyl sites for hydroxylation is 2. The molecule has 0 aliphatic rings. The van der Waals surface area contributed by atoms with Crippen molar-refractivity contribution in [3.63, 3.8) is 0 Å². The third kappa shape index (κ3) is 5.50. The highest BCUT2D eigenvalue weighted by Crippen LogP contribution is 2.07. The number of sulfonamides is 1. The van der Waals surface area contributed by atoms with Gasteiger partial charge < -0.3 is 9.30 Å². The van der Waals surface area contributed by atoms with E-state index in [-0.39, 0.29) is 12.4 Å². The maximum absolute atomic E-state index is 11.8. The topological polar surface area (TPSA) is 73.2 Å². The molecular weight excluding hydrogens is 302 g/mol. The Labute approximate surface area is 131 Å². The van der Waals surface area contributed by atoms with Crippen molar-refractivity contribution in [1.82, 2.24) is 14.3 Å². The fourth-order valence-electron chi connectivity index (χ4n) is 1.98. The highest BCUT2D eigenvalue weighted by Gasteiger charge is 2.09. The Morgan fingerprint density at radius 2 is 2.05 bits per heavy atom. The summed E-state index contributed by atoms with van der Waals surface area (Å²) >= 11 is 0. The summed E-state index contributed by atoms with van der Waals surface area (Å²) in [5.41, 5.74) is 0. The molecule has 0 unspecified atom stereocenters. The Balaban J connectivity index is 1.65. The highest BCUT2D eigenvalue weighted by molar-refractivity contribution is 7.89. The second-order valence-corrected chi connectivity index (χ2v) is 6.82. The van der Waals surface area contributed by atoms with E-state index in [1.165, 1.54) is 0 Å². The number of nitrogens with zero attached hydrogens (tertiary/aromatic N) is 2. The van der Waals surface area contributed by atoms with Crippen LogP contribution < -0.4 is 9.46 Å². The van der Waals surface area contributed by atoms with E-state index in [2.05, 4.69) is 9.71 Å². The first-order valence-electron chi connectivity index (χ1n) is 7.20. The molecule has 0 saturated heterocycles. The SMILES string of the molecule is Cc1nccn1CCCNS(=O)(=O)CCOc1ccccc1. The molecule has 1 aromatic carbocycles. The molecule has 2 rings (SSSR count). The van der Waals surface area contributed by atoms with Crippen LogP contribution >= 0.6 is 0 Å². The zero-order valence-corrected chi connectivity index (χ0v) is 13.4. The summed E-state index contributed by atoms with van der Waals surface area (Å²) in [6.07, 6.45) is 4.34. The van der Waals surface area contributed by atoms with E-state index in [1.807, 2.05) is 35.9 Å². The summed E-state index contributed by atoms with van der Waals surface area (Å²) in [4.78, 5) is 4.12. The number of ether oxygens (including phenoxy) is 1. The van der Waals surface area contributed by atoms with Gasteiger partial charge in [0.2, 0.25) is 10.0 Å². The van der Waals surface area contributed by atoms with Crippen LogP contribution in [0.1, 0.15) is 12.2 Å². The van der Waals surface area contributed by atoms with E-state index in [0.717, 1.165) is 18.8 Å². The zero-order chi connectivity index (χ0) is 15.8. The van der Waals surface area contributed by atoms with Crippen LogP contribution in [0.15, 0.2) is 42.7 Å². The number of para-hydroxylation sites is 1. The lowest BCUT2D eigenvalue weighted by Gasteiger charge is -2.09. The Morgan fingerprint density at radius 1 is 1.27 bits per heavy atom. The summed E-state index contributed by atoms with van der Waals surface area (Å²) in [5, 5.41) is 0. The van der Waals surface area contributed by atoms with Gasteiger partial charge in [0.1, 0.15) is 18.2 Å². The van der Waals surface area contributed by atoms with Crippen molar-refractivity contribution >= 4 is 10.0 Å². The zero-order valence-electron chi connectivity index (χ0n) is 12.6. The van der Waals surface area contributed by atoms with Crippen LogP contribution in [0.5, 0.6) is 5.75 Å². The van der Waals surface area contributed by atoms with Gasteiger partial charge in [-0.05, 0) is 25.5 Å². The normalized spacial score (nSPS) is 11.5. The predicted molar refractivity (Wildman–Crippen MR) is 85.3 cm³/mol. The van der Waals surface area contributed by atoms with Crippen molar-refractivity contribution in [3.8, 4) is 5.75 Å². The molecule has 1 N–H and O–H groups in total. The largest absolute Gasteiger partial charge is 0.492 e. The fraction of sp³-hybridized carbons (Fsp3) is 0.400. The van der Waals surface area contributed by atoms with Crippen LogP contribution in [-0.4, -0.2) is 36.9 Å². The van der Waals surface area contributed by atoms with Gasteiger partial charge in [0.05, 0.1) is 5.75 Å². The molecule has 1 aromatic heterocycles. The molecule has 6 nitrogen and oxygen atoms in total. The minimum absolute atomic E-state index is 0.0496. The first-order chi connectivity index (χ1) is 10.6. The summed E-state index contributed by atoms with van der Waals surface area (Å²) < 4.78 is 33.6. The van der Waals surface area contributed by atoms with E-state index in [0.29, 0.717) is 12.3 Å². The molecule has 0 atom stereocenters. The van der Waals surface area contributed by atoms with Crippen LogP contribution in [0.3, 0.4) is 0 Å². The lowest BCUT2D eigenvalue weighted by Crippen LogP contribution is -2.30. The maximum atomic E-state index is 11.8. The molecule has 0 saturated carbocycles. The van der Waals surface area contributed by atoms with Crippen molar-refractivity contribution in [1.29, 1.82) is 0 Å². The number of aromatic nitrogens is 2. The number of rotatable bonds is 9. The Bertz CT molecular complexity index is 668. The van der Waals surface area contributed by atoms with Crippen LogP contribution in [-0.2, 0) is 16.6 Å². The lowest BCUT2D eigenvalue weighted by atomic mass is 10.3. The van der Waals surface area contributed by atoms with Gasteiger partial charge in [-0.1, -0.05) is 18.2 Å². The van der Waals surface area contributed by atoms with Gasteiger partial charge in [0.15, 0.2) is 0 Å². The van der Waals surface area contributed by atoms with Gasteiger partial charge in [0, 0.05) is 25.5 Å². The molecule has 0 bridgehead atoms. The summed E-state index contributed by atoms with van der Waals surface area (Å²) in [6, 6.07) is 9.18. The first kappa shape index (κ1) is 16.5. The molecule has 0 fully saturated rings. The smallest absolute Gasteiger partial charge is 0.214 e. The standard InChI is InChI=1S/C15H21N3O3S/c1-14-16-9-11-18(14)10-5-8-17-22(19,20)13-12-21-15-6-3-2-4-7-15/h2-4,6-7,9,11,17H,5,8,10,12-13H2,1H3. The van der Waals surface area contributed by atoms with E-state index in [4.69, 9.17) is 4.74 Å². The fourth-order valence-corrected chi connectivity index (χ4v) is 2.88. The summed E-state index contributed by atoms with van der Waals surface area (Å²) in [7, 11) is -3.30. The van der Waals surface area contributed by atoms with Gasteiger partial charge >= 0.3 is 0 Å². The molecule has 0 aliphatic carbocycles. The van der Waals surface area contributed by atoms with Gasteiger partial charge in [0.25, 0.3) is 0 Å². The third-order valence-corrected chi connectivity index (χ3v) is 4.53. The number of nitrogens with one attached hydrogen (secondary N) is 1. The van der Waals surface area contributed by atoms with Crippen LogP contribution in [0, 0.1) is 6.92 Å². The molecule has 7 heteroatoms. The van der Waals surface area contributed by atoms with E-state index in [9.17, 15) is 8.42 Å². The first-order valence-corrected chi connectivity index (χ1v) is 8.85. The number of imidazole rings is 1. The van der Waals surface area contributed by atoms with Crippen molar-refractivity contribution in [2.75, 3.05) is 18.9 Å². The Kier molecular flexibility index (Phi) is 5.97.